The van der Waals surface area contributed by atoms with E-state index in [1.807, 2.05) is 12.1 Å². The van der Waals surface area contributed by atoms with Crippen LogP contribution in [0.2, 0.25) is 0 Å². The van der Waals surface area contributed by atoms with Crippen LogP contribution in [-0.2, 0) is 6.42 Å². The van der Waals surface area contributed by atoms with Crippen molar-refractivity contribution < 1.29 is 9.47 Å². The number of ether oxygens (including phenoxy) is 2. The molecule has 134 valence electrons. The Labute approximate surface area is 156 Å². The first-order valence-electron chi connectivity index (χ1n) is 9.30. The monoisotopic (exact) mass is 346 g/mol. The second kappa shape index (κ2) is 8.63. The minimum Gasteiger partial charge on any atom is -0.497 e. The van der Waals surface area contributed by atoms with Crippen LogP contribution in [0.4, 0.5) is 0 Å². The van der Waals surface area contributed by atoms with Crippen LogP contribution in [-0.4, -0.2) is 14.2 Å². The van der Waals surface area contributed by atoms with Crippen LogP contribution in [0.25, 0.3) is 11.1 Å². The van der Waals surface area contributed by atoms with Gasteiger partial charge in [-0.15, -0.1) is 0 Å². The van der Waals surface area contributed by atoms with Gasteiger partial charge in [-0.2, -0.15) is 0 Å². The molecule has 1 aliphatic carbocycles. The van der Waals surface area contributed by atoms with Crippen LogP contribution >= 0.6 is 0 Å². The van der Waals surface area contributed by atoms with E-state index >= 15 is 0 Å². The van der Waals surface area contributed by atoms with E-state index in [1.165, 1.54) is 22.3 Å². The van der Waals surface area contributed by atoms with E-state index in [9.17, 15) is 0 Å². The Balaban J connectivity index is 2.18. The molecule has 0 heterocycles. The highest BCUT2D eigenvalue weighted by Crippen LogP contribution is 2.37. The predicted octanol–water partition coefficient (Wildman–Crippen LogP) is 5.75. The molecule has 0 radical (unpaired) electrons. The fourth-order valence-corrected chi connectivity index (χ4v) is 3.41. The Morgan fingerprint density at radius 1 is 0.962 bits per heavy atom. The largest absolute Gasteiger partial charge is 0.497 e. The highest BCUT2D eigenvalue weighted by molar-refractivity contribution is 5.99. The van der Waals surface area contributed by atoms with Crippen LogP contribution in [0.3, 0.4) is 0 Å². The third-order valence-electron chi connectivity index (χ3n) is 4.76. The predicted molar refractivity (Wildman–Crippen MR) is 108 cm³/mol. The molecule has 2 heteroatoms. The molecule has 0 N–H and O–H groups in total. The number of hydrogen-bond acceptors (Lipinski definition) is 2. The Kier molecular flexibility index (Phi) is 6.02. The summed E-state index contributed by atoms with van der Waals surface area (Å²) >= 11 is 0. The number of rotatable bonds is 4. The van der Waals surface area contributed by atoms with Gasteiger partial charge in [0.1, 0.15) is 11.5 Å². The molecule has 0 aliphatic heterocycles. The maximum Gasteiger partial charge on any atom is 0.119 e. The van der Waals surface area contributed by atoms with Crippen molar-refractivity contribution in [3.05, 3.63) is 59.2 Å². The molecular formula is C24H26O2. The van der Waals surface area contributed by atoms with Gasteiger partial charge in [0.2, 0.25) is 0 Å². The molecule has 0 unspecified atom stereocenters. The summed E-state index contributed by atoms with van der Waals surface area (Å²) in [6.07, 6.45) is 5.15. The summed E-state index contributed by atoms with van der Waals surface area (Å²) in [5.41, 5.74) is 6.24. The number of methoxy groups -OCH3 is 2. The molecule has 0 aromatic heterocycles. The Morgan fingerprint density at radius 2 is 1.77 bits per heavy atom. The van der Waals surface area contributed by atoms with Gasteiger partial charge < -0.3 is 9.47 Å². The molecule has 0 bridgehead atoms. The smallest absolute Gasteiger partial charge is 0.119 e. The molecule has 0 saturated carbocycles. The van der Waals surface area contributed by atoms with E-state index < -0.39 is 0 Å². The van der Waals surface area contributed by atoms with Crippen molar-refractivity contribution in [2.75, 3.05) is 14.2 Å². The Hall–Kier alpha value is -2.66. The van der Waals surface area contributed by atoms with Crippen LogP contribution in [0.1, 0.15) is 49.3 Å². The molecule has 0 spiro atoms. The van der Waals surface area contributed by atoms with Crippen molar-refractivity contribution in [2.45, 2.75) is 39.0 Å². The van der Waals surface area contributed by atoms with Crippen LogP contribution in [0.5, 0.6) is 11.5 Å². The van der Waals surface area contributed by atoms with Gasteiger partial charge >= 0.3 is 0 Å². The number of unbranched alkanes of at least 4 members (excludes halogenated alkanes) is 1. The average Bonchev–Trinajstić information content (AvgIpc) is 2.87. The summed E-state index contributed by atoms with van der Waals surface area (Å²) < 4.78 is 10.9. The lowest BCUT2D eigenvalue weighted by molar-refractivity contribution is 0.414. The molecule has 1 aliphatic rings. The van der Waals surface area contributed by atoms with Crippen molar-refractivity contribution in [1.29, 1.82) is 0 Å². The van der Waals surface area contributed by atoms with Gasteiger partial charge in [-0.25, -0.2) is 0 Å². The van der Waals surface area contributed by atoms with Gasteiger partial charge in [0, 0.05) is 12.0 Å². The van der Waals surface area contributed by atoms with E-state index in [4.69, 9.17) is 9.47 Å². The summed E-state index contributed by atoms with van der Waals surface area (Å²) in [7, 11) is 3.43. The number of aryl methyl sites for hydroxylation is 1. The minimum atomic E-state index is 0.884. The van der Waals surface area contributed by atoms with E-state index in [2.05, 4.69) is 49.1 Å². The maximum atomic E-state index is 5.44. The molecule has 0 saturated heterocycles. The number of hydrogen-bond donors (Lipinski definition) is 0. The van der Waals surface area contributed by atoms with Crippen LogP contribution < -0.4 is 9.47 Å². The highest BCUT2D eigenvalue weighted by Gasteiger charge is 2.18. The zero-order chi connectivity index (χ0) is 18.4. The summed E-state index contributed by atoms with van der Waals surface area (Å²) in [6, 6.07) is 14.7. The summed E-state index contributed by atoms with van der Waals surface area (Å²) in [5.74, 6) is 8.65. The average molecular weight is 346 g/mol. The van der Waals surface area contributed by atoms with Crippen molar-refractivity contribution in [1.82, 2.24) is 0 Å². The normalized spacial score (nSPS) is 13.3. The Bertz CT molecular complexity index is 865. The molecular weight excluding hydrogens is 320 g/mol. The van der Waals surface area contributed by atoms with E-state index in [0.29, 0.717) is 0 Å². The molecule has 26 heavy (non-hydrogen) atoms. The second-order valence-electron chi connectivity index (χ2n) is 6.51. The van der Waals surface area contributed by atoms with Gasteiger partial charge in [0.15, 0.2) is 0 Å². The van der Waals surface area contributed by atoms with Crippen molar-refractivity contribution in [3.8, 4) is 23.3 Å². The van der Waals surface area contributed by atoms with E-state index in [-0.39, 0.29) is 0 Å². The van der Waals surface area contributed by atoms with Gasteiger partial charge in [-0.3, -0.25) is 0 Å². The first-order valence-corrected chi connectivity index (χ1v) is 9.30. The quantitative estimate of drug-likeness (QED) is 0.656. The van der Waals surface area contributed by atoms with Crippen molar-refractivity contribution in [3.63, 3.8) is 0 Å². The molecule has 2 nitrogen and oxygen atoms in total. The van der Waals surface area contributed by atoms with Crippen LogP contribution in [0.15, 0.2) is 42.5 Å². The topological polar surface area (TPSA) is 18.5 Å². The minimum absolute atomic E-state index is 0.884. The van der Waals surface area contributed by atoms with Gasteiger partial charge in [0.25, 0.3) is 0 Å². The molecule has 2 aromatic carbocycles. The first kappa shape index (κ1) is 18.1. The third-order valence-corrected chi connectivity index (χ3v) is 4.76. The molecule has 0 amide bonds. The number of allylic oxidation sites excluding steroid dienone is 2. The van der Waals surface area contributed by atoms with Crippen molar-refractivity contribution >= 4 is 11.1 Å². The van der Waals surface area contributed by atoms with E-state index in [1.54, 1.807) is 14.2 Å². The fourth-order valence-electron chi connectivity index (χ4n) is 3.41. The lowest BCUT2D eigenvalue weighted by Gasteiger charge is -2.13. The van der Waals surface area contributed by atoms with Gasteiger partial charge in [-0.1, -0.05) is 30.9 Å². The standard InChI is InChI=1S/C24H26O2/c1-4-5-6-12-24-22(18-9-7-11-20(16-18)25-2)13-8-10-19-17-21(26-3)14-15-23(19)24/h7,9,11,14-17H,4-5,8,10,13H2,1-3H3. The lowest BCUT2D eigenvalue weighted by atomic mass is 9.92. The summed E-state index contributed by atoms with van der Waals surface area (Å²) in [6.45, 7) is 2.16. The van der Waals surface area contributed by atoms with Gasteiger partial charge in [0.05, 0.1) is 14.2 Å². The molecule has 2 aromatic rings. The zero-order valence-corrected chi connectivity index (χ0v) is 15.9. The number of fused-ring (bicyclic) bond motifs is 1. The Morgan fingerprint density at radius 3 is 2.54 bits per heavy atom. The second-order valence-corrected chi connectivity index (χ2v) is 6.51. The third kappa shape index (κ3) is 3.94. The summed E-state index contributed by atoms with van der Waals surface area (Å²) in [4.78, 5) is 0. The fraction of sp³-hybridized carbons (Fsp3) is 0.333. The van der Waals surface area contributed by atoms with E-state index in [0.717, 1.165) is 49.2 Å². The molecule has 0 fully saturated rings. The SMILES string of the molecule is CCCC#CC1=C(c2cccc(OC)c2)CCCc2cc(OC)ccc21. The molecule has 3 rings (SSSR count). The highest BCUT2D eigenvalue weighted by atomic mass is 16.5. The van der Waals surface area contributed by atoms with Crippen molar-refractivity contribution in [2.24, 2.45) is 0 Å². The summed E-state index contributed by atoms with van der Waals surface area (Å²) in [5, 5.41) is 0. The zero-order valence-electron chi connectivity index (χ0n) is 15.9. The maximum absolute atomic E-state index is 5.44. The molecule has 0 atom stereocenters. The lowest BCUT2D eigenvalue weighted by Crippen LogP contribution is -1.94. The first-order chi connectivity index (χ1) is 12.8. The van der Waals surface area contributed by atoms with Gasteiger partial charge in [-0.05, 0) is 78.3 Å². The number of benzene rings is 2. The van der Waals surface area contributed by atoms with Crippen LogP contribution in [0, 0.1) is 11.8 Å².